The van der Waals surface area contributed by atoms with E-state index in [1.54, 1.807) is 14.0 Å². The Hall–Kier alpha value is -0.860. The third kappa shape index (κ3) is 2.06. The van der Waals surface area contributed by atoms with Crippen LogP contribution in [0, 0.1) is 0 Å². The molecule has 0 saturated heterocycles. The molecule has 1 N–H and O–H groups in total. The van der Waals surface area contributed by atoms with E-state index in [1.807, 2.05) is 12.1 Å². The highest BCUT2D eigenvalue weighted by Gasteiger charge is 2.44. The van der Waals surface area contributed by atoms with Crippen molar-refractivity contribution in [1.29, 1.82) is 0 Å². The molecule has 0 spiro atoms. The number of benzene rings is 1. The minimum absolute atomic E-state index is 0.270. The molecular weight excluding hydrogens is 188 g/mol. The van der Waals surface area contributed by atoms with Gasteiger partial charge in [-0.3, -0.25) is 0 Å². The van der Waals surface area contributed by atoms with E-state index in [9.17, 15) is 5.11 Å². The molecule has 0 aliphatic heterocycles. The van der Waals surface area contributed by atoms with Gasteiger partial charge in [0.15, 0.2) is 0 Å². The van der Waals surface area contributed by atoms with E-state index in [2.05, 4.69) is 12.1 Å². The average Bonchev–Trinajstić information content (AvgIpc) is 3.00. The lowest BCUT2D eigenvalue weighted by molar-refractivity contribution is 0.171. The van der Waals surface area contributed by atoms with Crippen LogP contribution in [0.3, 0.4) is 0 Å². The van der Waals surface area contributed by atoms with Gasteiger partial charge in [0.25, 0.3) is 0 Å². The molecule has 0 radical (unpaired) electrons. The summed E-state index contributed by atoms with van der Waals surface area (Å²) in [7, 11) is 1.75. The maximum atomic E-state index is 9.41. The molecule has 1 atom stereocenters. The lowest BCUT2D eigenvalue weighted by Gasteiger charge is -2.15. The van der Waals surface area contributed by atoms with Crippen LogP contribution in [0.4, 0.5) is 0 Å². The van der Waals surface area contributed by atoms with Crippen LogP contribution >= 0.6 is 0 Å². The fourth-order valence-corrected chi connectivity index (χ4v) is 2.06. The van der Waals surface area contributed by atoms with E-state index in [4.69, 9.17) is 4.74 Å². The first-order chi connectivity index (χ1) is 7.18. The van der Waals surface area contributed by atoms with Gasteiger partial charge in [0.2, 0.25) is 0 Å². The number of methoxy groups -OCH3 is 1. The van der Waals surface area contributed by atoms with Crippen LogP contribution in [0.5, 0.6) is 0 Å². The molecule has 2 rings (SSSR count). The molecule has 82 valence electrons. The highest BCUT2D eigenvalue weighted by molar-refractivity contribution is 5.34. The van der Waals surface area contributed by atoms with Crippen molar-refractivity contribution in [2.45, 2.75) is 31.3 Å². The summed E-state index contributed by atoms with van der Waals surface area (Å²) in [6, 6.07) is 8.26. The number of hydrogen-bond acceptors (Lipinski definition) is 2. The summed E-state index contributed by atoms with van der Waals surface area (Å²) in [5.41, 5.74) is 2.59. The first-order valence-corrected chi connectivity index (χ1v) is 5.45. The third-order valence-electron chi connectivity index (χ3n) is 3.28. The monoisotopic (exact) mass is 206 g/mol. The van der Waals surface area contributed by atoms with Gasteiger partial charge in [0.05, 0.1) is 12.7 Å². The van der Waals surface area contributed by atoms with Gasteiger partial charge < -0.3 is 9.84 Å². The molecule has 1 aliphatic carbocycles. The van der Waals surface area contributed by atoms with Crippen LogP contribution in [0.25, 0.3) is 0 Å². The predicted octanol–water partition coefficient (Wildman–Crippen LogP) is 2.42. The van der Waals surface area contributed by atoms with E-state index in [0.29, 0.717) is 0 Å². The topological polar surface area (TPSA) is 29.5 Å². The van der Waals surface area contributed by atoms with Gasteiger partial charge >= 0.3 is 0 Å². The van der Waals surface area contributed by atoms with Crippen molar-refractivity contribution in [3.05, 3.63) is 35.4 Å². The Labute approximate surface area is 90.9 Å². The van der Waals surface area contributed by atoms with E-state index in [0.717, 1.165) is 12.2 Å². The maximum Gasteiger partial charge on any atom is 0.0761 e. The fraction of sp³-hybridized carbons (Fsp3) is 0.538. The zero-order valence-electron chi connectivity index (χ0n) is 9.36. The zero-order chi connectivity index (χ0) is 10.9. The molecule has 1 saturated carbocycles. The summed E-state index contributed by atoms with van der Waals surface area (Å²) in [6.45, 7) is 2.60. The van der Waals surface area contributed by atoms with Crippen LogP contribution in [-0.2, 0) is 10.2 Å². The molecule has 0 amide bonds. The van der Waals surface area contributed by atoms with Gasteiger partial charge in [-0.05, 0) is 30.9 Å². The molecule has 1 aromatic carbocycles. The molecule has 2 heteroatoms. The van der Waals surface area contributed by atoms with Crippen molar-refractivity contribution in [2.24, 2.45) is 0 Å². The minimum Gasteiger partial charge on any atom is -0.389 e. The van der Waals surface area contributed by atoms with Crippen LogP contribution in [0.15, 0.2) is 24.3 Å². The number of ether oxygens (including phenoxy) is 1. The average molecular weight is 206 g/mol. The van der Waals surface area contributed by atoms with E-state index < -0.39 is 0 Å². The number of aliphatic hydroxyl groups excluding tert-OH is 1. The van der Waals surface area contributed by atoms with Crippen molar-refractivity contribution >= 4 is 0 Å². The Morgan fingerprint density at radius 1 is 1.33 bits per heavy atom. The van der Waals surface area contributed by atoms with E-state index in [1.165, 1.54) is 18.4 Å². The second kappa shape index (κ2) is 3.95. The zero-order valence-corrected chi connectivity index (χ0v) is 9.36. The van der Waals surface area contributed by atoms with Crippen LogP contribution in [0.1, 0.15) is 37.0 Å². The van der Waals surface area contributed by atoms with Gasteiger partial charge in [0.1, 0.15) is 0 Å². The minimum atomic E-state index is -0.378. The van der Waals surface area contributed by atoms with Gasteiger partial charge in [-0.1, -0.05) is 24.3 Å². The number of hydrogen-bond donors (Lipinski definition) is 1. The Bertz CT molecular complexity index is 323. The molecule has 1 aliphatic rings. The Morgan fingerprint density at radius 3 is 2.33 bits per heavy atom. The Morgan fingerprint density at radius 2 is 1.93 bits per heavy atom. The van der Waals surface area contributed by atoms with Crippen molar-refractivity contribution in [3.63, 3.8) is 0 Å². The van der Waals surface area contributed by atoms with Crippen molar-refractivity contribution in [3.8, 4) is 0 Å². The lowest BCUT2D eigenvalue weighted by atomic mass is 9.95. The third-order valence-corrected chi connectivity index (χ3v) is 3.28. The van der Waals surface area contributed by atoms with Crippen LogP contribution in [0.2, 0.25) is 0 Å². The molecule has 0 heterocycles. The van der Waals surface area contributed by atoms with Crippen LogP contribution in [-0.4, -0.2) is 18.8 Å². The summed E-state index contributed by atoms with van der Waals surface area (Å²) in [5.74, 6) is 0. The Balaban J connectivity index is 2.17. The first kappa shape index (κ1) is 10.7. The molecule has 0 aromatic heterocycles. The smallest absolute Gasteiger partial charge is 0.0761 e. The van der Waals surface area contributed by atoms with E-state index >= 15 is 0 Å². The largest absolute Gasteiger partial charge is 0.389 e. The van der Waals surface area contributed by atoms with Gasteiger partial charge in [-0.15, -0.1) is 0 Å². The standard InChI is InChI=1S/C13H18O2/c1-10(14)11-3-5-12(6-4-11)13(7-8-13)9-15-2/h3-6,10,14H,7-9H2,1-2H3. The number of rotatable bonds is 4. The fourth-order valence-electron chi connectivity index (χ4n) is 2.06. The van der Waals surface area contributed by atoms with Crippen molar-refractivity contribution < 1.29 is 9.84 Å². The lowest BCUT2D eigenvalue weighted by Crippen LogP contribution is -2.13. The molecular formula is C13H18O2. The summed E-state index contributed by atoms with van der Waals surface area (Å²) in [4.78, 5) is 0. The van der Waals surface area contributed by atoms with E-state index in [-0.39, 0.29) is 11.5 Å². The van der Waals surface area contributed by atoms with Gasteiger partial charge in [-0.2, -0.15) is 0 Å². The van der Waals surface area contributed by atoms with Gasteiger partial charge in [-0.25, -0.2) is 0 Å². The normalized spacial score (nSPS) is 19.9. The maximum absolute atomic E-state index is 9.41. The molecule has 15 heavy (non-hydrogen) atoms. The second-order valence-electron chi connectivity index (χ2n) is 4.51. The van der Waals surface area contributed by atoms with Gasteiger partial charge in [0, 0.05) is 12.5 Å². The molecule has 1 aromatic rings. The first-order valence-electron chi connectivity index (χ1n) is 5.45. The number of aliphatic hydroxyl groups is 1. The van der Waals surface area contributed by atoms with Crippen molar-refractivity contribution in [2.75, 3.05) is 13.7 Å². The highest BCUT2D eigenvalue weighted by atomic mass is 16.5. The summed E-state index contributed by atoms with van der Waals surface area (Å²) in [5, 5.41) is 9.41. The summed E-state index contributed by atoms with van der Waals surface area (Å²) in [6.07, 6.45) is 2.06. The highest BCUT2D eigenvalue weighted by Crippen LogP contribution is 2.48. The second-order valence-corrected chi connectivity index (χ2v) is 4.51. The predicted molar refractivity (Wildman–Crippen MR) is 59.9 cm³/mol. The summed E-state index contributed by atoms with van der Waals surface area (Å²) < 4.78 is 5.25. The quantitative estimate of drug-likeness (QED) is 0.819. The SMILES string of the molecule is COCC1(c2ccc(C(C)O)cc2)CC1. The molecule has 1 unspecified atom stereocenters. The Kier molecular flexibility index (Phi) is 2.81. The summed E-state index contributed by atoms with van der Waals surface area (Å²) >= 11 is 0. The van der Waals surface area contributed by atoms with Crippen molar-refractivity contribution in [1.82, 2.24) is 0 Å². The molecule has 2 nitrogen and oxygen atoms in total. The molecule has 0 bridgehead atoms. The van der Waals surface area contributed by atoms with Crippen LogP contribution < -0.4 is 0 Å². The molecule has 1 fully saturated rings.